The van der Waals surface area contributed by atoms with E-state index in [2.05, 4.69) is 10.6 Å². The Kier molecular flexibility index (Phi) is 6.26. The quantitative estimate of drug-likeness (QED) is 0.766. The van der Waals surface area contributed by atoms with Crippen LogP contribution in [0.5, 0.6) is 0 Å². The van der Waals surface area contributed by atoms with Crippen molar-refractivity contribution in [1.82, 2.24) is 10.6 Å². The van der Waals surface area contributed by atoms with E-state index in [1.165, 1.54) is 32.1 Å². The van der Waals surface area contributed by atoms with Crippen LogP contribution in [-0.4, -0.2) is 51.5 Å². The van der Waals surface area contributed by atoms with E-state index >= 15 is 0 Å². The number of hydrogen-bond acceptors (Lipinski definition) is 4. The van der Waals surface area contributed by atoms with Gasteiger partial charge in [-0.25, -0.2) is 0 Å². The van der Waals surface area contributed by atoms with E-state index in [0.29, 0.717) is 19.2 Å². The number of carbonyl (C=O) groups is 1. The van der Waals surface area contributed by atoms with Crippen LogP contribution in [0.2, 0.25) is 0 Å². The van der Waals surface area contributed by atoms with E-state index in [1.54, 1.807) is 14.2 Å². The second kappa shape index (κ2) is 7.96. The van der Waals surface area contributed by atoms with E-state index in [-0.39, 0.29) is 18.1 Å². The van der Waals surface area contributed by atoms with Gasteiger partial charge in [-0.2, -0.15) is 0 Å². The summed E-state index contributed by atoms with van der Waals surface area (Å²) in [6.07, 6.45) is 7.25. The highest BCUT2D eigenvalue weighted by Gasteiger charge is 2.34. The summed E-state index contributed by atoms with van der Waals surface area (Å²) in [5.41, 5.74) is 0. The molecule has 5 nitrogen and oxygen atoms in total. The summed E-state index contributed by atoms with van der Waals surface area (Å²) in [6.45, 7) is 1.01. The fourth-order valence-corrected chi connectivity index (χ4v) is 3.44. The Morgan fingerprint density at radius 1 is 1.25 bits per heavy atom. The van der Waals surface area contributed by atoms with Crippen LogP contribution in [0.15, 0.2) is 0 Å². The lowest BCUT2D eigenvalue weighted by atomic mass is 9.77. The number of hydrogen-bond donors (Lipinski definition) is 2. The summed E-state index contributed by atoms with van der Waals surface area (Å²) in [5, 5.41) is 6.52. The van der Waals surface area contributed by atoms with E-state index in [1.807, 2.05) is 0 Å². The zero-order valence-electron chi connectivity index (χ0n) is 12.7. The van der Waals surface area contributed by atoms with Crippen LogP contribution < -0.4 is 10.6 Å². The molecule has 1 saturated heterocycles. The van der Waals surface area contributed by atoms with E-state index in [4.69, 9.17) is 9.47 Å². The molecule has 1 saturated carbocycles. The third-order valence-corrected chi connectivity index (χ3v) is 4.66. The van der Waals surface area contributed by atoms with Gasteiger partial charge < -0.3 is 20.1 Å². The minimum atomic E-state index is -0.0741. The molecule has 0 spiro atoms. The van der Waals surface area contributed by atoms with Gasteiger partial charge in [0.15, 0.2) is 0 Å². The summed E-state index contributed by atoms with van der Waals surface area (Å²) >= 11 is 0. The Morgan fingerprint density at radius 2 is 2.05 bits per heavy atom. The van der Waals surface area contributed by atoms with Crippen molar-refractivity contribution in [2.75, 3.05) is 27.4 Å². The van der Waals surface area contributed by atoms with Crippen molar-refractivity contribution in [2.24, 2.45) is 5.92 Å². The molecule has 1 aliphatic carbocycles. The smallest absolute Gasteiger partial charge is 0.237 e. The molecule has 2 rings (SSSR count). The summed E-state index contributed by atoms with van der Waals surface area (Å²) in [6, 6.07) is 0.514. The first-order chi connectivity index (χ1) is 9.74. The lowest BCUT2D eigenvalue weighted by Gasteiger charge is -2.40. The van der Waals surface area contributed by atoms with E-state index in [9.17, 15) is 4.79 Å². The highest BCUT2D eigenvalue weighted by molar-refractivity contribution is 5.81. The van der Waals surface area contributed by atoms with Crippen LogP contribution in [0.3, 0.4) is 0 Å². The van der Waals surface area contributed by atoms with Crippen molar-refractivity contribution in [3.05, 3.63) is 0 Å². The maximum absolute atomic E-state index is 12.2. The predicted octanol–water partition coefficient (Wildman–Crippen LogP) is 1.07. The maximum atomic E-state index is 12.2. The molecular weight excluding hydrogens is 256 g/mol. The molecule has 1 aliphatic heterocycles. The Labute approximate surface area is 121 Å². The number of nitrogens with one attached hydrogen (secondary N) is 2. The van der Waals surface area contributed by atoms with Gasteiger partial charge in [0, 0.05) is 26.8 Å². The first kappa shape index (κ1) is 15.7. The van der Waals surface area contributed by atoms with Crippen molar-refractivity contribution in [3.8, 4) is 0 Å². The summed E-state index contributed by atoms with van der Waals surface area (Å²) in [4.78, 5) is 12.2. The zero-order valence-corrected chi connectivity index (χ0v) is 12.7. The van der Waals surface area contributed by atoms with Crippen LogP contribution in [0.1, 0.15) is 38.5 Å². The molecule has 20 heavy (non-hydrogen) atoms. The number of fused-ring (bicyclic) bond motifs is 1. The third-order valence-electron chi connectivity index (χ3n) is 4.66. The van der Waals surface area contributed by atoms with Gasteiger partial charge in [0.1, 0.15) is 0 Å². The first-order valence-electron chi connectivity index (χ1n) is 7.80. The van der Waals surface area contributed by atoms with Gasteiger partial charge in [-0.1, -0.05) is 12.8 Å². The average molecular weight is 284 g/mol. The predicted molar refractivity (Wildman–Crippen MR) is 77.6 cm³/mol. The van der Waals surface area contributed by atoms with Gasteiger partial charge in [0.25, 0.3) is 0 Å². The topological polar surface area (TPSA) is 59.6 Å². The lowest BCUT2D eigenvalue weighted by Crippen LogP contribution is -2.55. The summed E-state index contributed by atoms with van der Waals surface area (Å²) < 4.78 is 10.3. The molecular formula is C15H28N2O3. The van der Waals surface area contributed by atoms with Crippen LogP contribution in [0, 0.1) is 5.92 Å². The molecule has 2 N–H and O–H groups in total. The maximum Gasteiger partial charge on any atom is 0.237 e. The molecule has 0 aromatic rings. The summed E-state index contributed by atoms with van der Waals surface area (Å²) in [7, 11) is 3.28. The Bertz CT molecular complexity index is 311. The number of amides is 1. The fraction of sp³-hybridized carbons (Fsp3) is 0.933. The van der Waals surface area contributed by atoms with E-state index < -0.39 is 0 Å². The molecule has 0 aromatic carbocycles. The second-order valence-electron chi connectivity index (χ2n) is 6.01. The molecule has 4 atom stereocenters. The van der Waals surface area contributed by atoms with Crippen molar-refractivity contribution in [3.63, 3.8) is 0 Å². The minimum absolute atomic E-state index is 0.0330. The molecule has 0 aromatic heterocycles. The van der Waals surface area contributed by atoms with Crippen molar-refractivity contribution in [1.29, 1.82) is 0 Å². The van der Waals surface area contributed by atoms with Gasteiger partial charge in [0.2, 0.25) is 5.91 Å². The van der Waals surface area contributed by atoms with Crippen LogP contribution in [0.25, 0.3) is 0 Å². The van der Waals surface area contributed by atoms with Crippen LogP contribution in [0.4, 0.5) is 0 Å². The standard InChI is InChI=1S/C15H28N2O3/c1-19-10-12(20-2)9-16-15(18)14-8-7-11-5-3-4-6-13(11)17-14/h11-14,17H,3-10H2,1-2H3,(H,16,18). The molecule has 1 heterocycles. The molecule has 5 heteroatoms. The molecule has 4 unspecified atom stereocenters. The molecule has 0 bridgehead atoms. The molecule has 0 radical (unpaired) electrons. The SMILES string of the molecule is COCC(CNC(=O)C1CCC2CCCCC2N1)OC. The van der Waals surface area contributed by atoms with Gasteiger partial charge in [-0.05, 0) is 31.6 Å². The van der Waals surface area contributed by atoms with E-state index in [0.717, 1.165) is 12.3 Å². The largest absolute Gasteiger partial charge is 0.382 e. The average Bonchev–Trinajstić information content (AvgIpc) is 2.50. The van der Waals surface area contributed by atoms with Crippen molar-refractivity contribution >= 4 is 5.91 Å². The van der Waals surface area contributed by atoms with Crippen molar-refractivity contribution < 1.29 is 14.3 Å². The molecule has 2 aliphatic rings. The van der Waals surface area contributed by atoms with Gasteiger partial charge >= 0.3 is 0 Å². The third kappa shape index (κ3) is 4.17. The van der Waals surface area contributed by atoms with Crippen LogP contribution in [-0.2, 0) is 14.3 Å². The molecule has 2 fully saturated rings. The molecule has 1 amide bonds. The number of ether oxygens (including phenoxy) is 2. The number of methoxy groups -OCH3 is 2. The van der Waals surface area contributed by atoms with Gasteiger partial charge in [-0.3, -0.25) is 4.79 Å². The summed E-state index contributed by atoms with van der Waals surface area (Å²) in [5.74, 6) is 0.889. The Hall–Kier alpha value is -0.650. The molecule has 116 valence electrons. The Balaban J connectivity index is 1.75. The fourth-order valence-electron chi connectivity index (χ4n) is 3.44. The number of piperidine rings is 1. The monoisotopic (exact) mass is 284 g/mol. The number of carbonyl (C=O) groups excluding carboxylic acids is 1. The highest BCUT2D eigenvalue weighted by Crippen LogP contribution is 2.32. The minimum Gasteiger partial charge on any atom is -0.382 e. The second-order valence-corrected chi connectivity index (χ2v) is 6.01. The van der Waals surface area contributed by atoms with Crippen LogP contribution >= 0.6 is 0 Å². The van der Waals surface area contributed by atoms with Crippen molar-refractivity contribution in [2.45, 2.75) is 56.7 Å². The zero-order chi connectivity index (χ0) is 14.4. The normalized spacial score (nSPS) is 31.4. The lowest BCUT2D eigenvalue weighted by molar-refractivity contribution is -0.125. The first-order valence-corrected chi connectivity index (χ1v) is 7.80. The number of rotatable bonds is 6. The Morgan fingerprint density at radius 3 is 2.80 bits per heavy atom. The van der Waals surface area contributed by atoms with Gasteiger partial charge in [0.05, 0.1) is 18.8 Å². The van der Waals surface area contributed by atoms with Gasteiger partial charge in [-0.15, -0.1) is 0 Å². The highest BCUT2D eigenvalue weighted by atomic mass is 16.5.